The molecule has 16 nitrogen and oxygen atoms in total. The smallest absolute Gasteiger partial charge is 0.164 e. The van der Waals surface area contributed by atoms with E-state index in [0.29, 0.717) is 81.2 Å². The maximum absolute atomic E-state index is 6.52. The van der Waals surface area contributed by atoms with E-state index in [1.54, 1.807) is 0 Å². The maximum atomic E-state index is 6.52. The number of hydrogen-bond donors (Lipinski definition) is 0. The number of nitrogens with zero attached hydrogens (tertiary/aromatic N) is 12. The minimum Gasteiger partial charge on any atom is -0.457 e. The highest BCUT2D eigenvalue weighted by Gasteiger charge is 2.23. The normalized spacial score (nSPS) is 11.4. The van der Waals surface area contributed by atoms with Gasteiger partial charge in [-0.2, -0.15) is 0 Å². The van der Waals surface area contributed by atoms with Crippen molar-refractivity contribution in [2.24, 2.45) is 0 Å². The number of benzene rings is 20. The van der Waals surface area contributed by atoms with E-state index >= 15 is 0 Å². The Kier molecular flexibility index (Phi) is 23.3. The Morgan fingerprint density at radius 1 is 0.154 bits per heavy atom. The fourth-order valence-corrected chi connectivity index (χ4v) is 19.2. The van der Waals surface area contributed by atoms with Crippen LogP contribution in [0.4, 0.5) is 0 Å². The molecule has 700 valence electrons. The first-order valence-corrected chi connectivity index (χ1v) is 49.3. The van der Waals surface area contributed by atoms with E-state index in [0.717, 1.165) is 189 Å². The molecule has 6 aromatic heterocycles. The predicted molar refractivity (Wildman–Crippen MR) is 596 cm³/mol. The van der Waals surface area contributed by atoms with Crippen molar-refractivity contribution in [3.05, 3.63) is 510 Å². The number of hydrogen-bond acceptors (Lipinski definition) is 15. The van der Waals surface area contributed by atoms with Crippen LogP contribution in [0, 0.1) is 0 Å². The van der Waals surface area contributed by atoms with E-state index in [-0.39, 0.29) is 0 Å². The second-order valence-corrected chi connectivity index (χ2v) is 36.4. The largest absolute Gasteiger partial charge is 0.457 e. The molecule has 16 heteroatoms. The van der Waals surface area contributed by atoms with Crippen LogP contribution >= 0.6 is 0 Å². The second kappa shape index (κ2) is 39.1. The van der Waals surface area contributed by atoms with Crippen LogP contribution in [-0.4, -0.2) is 59.4 Å². The summed E-state index contributed by atoms with van der Waals surface area (Å²) in [6.07, 6.45) is 0. The Balaban J connectivity index is 0.399. The van der Waals surface area contributed by atoms with Crippen molar-refractivity contribution in [3.8, 4) is 232 Å². The van der Waals surface area contributed by atoms with E-state index in [2.05, 4.69) is 229 Å². The van der Waals surface area contributed by atoms with Gasteiger partial charge in [0.1, 0.15) is 45.7 Å². The number of aromatic nitrogens is 12. The van der Waals surface area contributed by atoms with Crippen molar-refractivity contribution in [1.29, 1.82) is 0 Å². The first-order chi connectivity index (χ1) is 73.7. The van der Waals surface area contributed by atoms with Crippen molar-refractivity contribution in [2.75, 3.05) is 0 Å². The lowest BCUT2D eigenvalue weighted by atomic mass is 10.0. The van der Waals surface area contributed by atoms with Gasteiger partial charge in [0.25, 0.3) is 0 Å². The third kappa shape index (κ3) is 18.4. The van der Waals surface area contributed by atoms with Crippen LogP contribution < -0.4 is 14.2 Å². The molecule has 26 aromatic rings. The highest BCUT2D eigenvalue weighted by Crippen LogP contribution is 2.43. The summed E-state index contributed by atoms with van der Waals surface area (Å²) in [5.41, 5.74) is 27.9. The summed E-state index contributed by atoms with van der Waals surface area (Å²) < 4.78 is 28.0. The summed E-state index contributed by atoms with van der Waals surface area (Å²) in [6.45, 7) is 0. The summed E-state index contributed by atoms with van der Waals surface area (Å²) >= 11 is 0. The highest BCUT2D eigenvalue weighted by atomic mass is 16.5. The Morgan fingerprint density at radius 3 is 0.752 bits per heavy atom. The molecule has 0 saturated heterocycles. The van der Waals surface area contributed by atoms with Gasteiger partial charge in [-0.25, -0.2) is 54.8 Å². The van der Waals surface area contributed by atoms with E-state index in [1.807, 2.05) is 285 Å². The molecule has 0 aliphatic rings. The fraction of sp³-hybridized carbons (Fsp3) is 0. The molecule has 0 N–H and O–H groups in total. The Labute approximate surface area is 857 Å². The van der Waals surface area contributed by atoms with Gasteiger partial charge in [-0.3, -0.25) is 0 Å². The molecule has 0 radical (unpaired) electrons. The molecular weight excluding hydrogens is 1830 g/mol. The topological polar surface area (TPSA) is 188 Å². The van der Waals surface area contributed by atoms with Gasteiger partial charge in [0.15, 0.2) is 58.2 Å². The summed E-state index contributed by atoms with van der Waals surface area (Å²) in [5.74, 6) is 10.0. The lowest BCUT2D eigenvalue weighted by Crippen LogP contribution is -2.00. The third-order valence-corrected chi connectivity index (χ3v) is 26.9. The van der Waals surface area contributed by atoms with Gasteiger partial charge in [-0.1, -0.05) is 358 Å². The van der Waals surface area contributed by atoms with Gasteiger partial charge >= 0.3 is 0 Å². The molecule has 0 bridgehead atoms. The average molecular weight is 1910 g/mol. The van der Waals surface area contributed by atoms with Gasteiger partial charge in [-0.15, -0.1) is 0 Å². The van der Waals surface area contributed by atoms with Crippen LogP contribution in [0.2, 0.25) is 0 Å². The summed E-state index contributed by atoms with van der Waals surface area (Å²) in [6, 6.07) is 173. The van der Waals surface area contributed by atoms with Gasteiger partial charge in [0.05, 0.1) is 22.4 Å². The quantitative estimate of drug-likeness (QED) is 0.0555. The zero-order valence-corrected chi connectivity index (χ0v) is 80.0. The summed E-state index contributed by atoms with van der Waals surface area (Å²) in [5, 5.41) is 4.54. The predicted octanol–water partition coefficient (Wildman–Crippen LogP) is 33.7. The van der Waals surface area contributed by atoms with Crippen LogP contribution in [0.5, 0.6) is 34.5 Å². The Morgan fingerprint density at radius 2 is 0.396 bits per heavy atom. The molecular formula is C133H84N12O4. The number of rotatable bonds is 24. The van der Waals surface area contributed by atoms with Gasteiger partial charge < -0.3 is 23.2 Å². The summed E-state index contributed by atoms with van der Waals surface area (Å²) in [4.78, 5) is 55.5. The molecule has 0 unspecified atom stereocenters. The molecule has 26 rings (SSSR count). The lowest BCUT2D eigenvalue weighted by Gasteiger charge is -2.12. The van der Waals surface area contributed by atoms with Crippen LogP contribution in [0.3, 0.4) is 0 Å². The molecule has 0 aliphatic carbocycles. The number of ether oxygens (including phenoxy) is 3. The minimum atomic E-state index is 0.539. The van der Waals surface area contributed by atoms with E-state index < -0.39 is 0 Å². The minimum absolute atomic E-state index is 0.539. The van der Waals surface area contributed by atoms with Crippen LogP contribution in [-0.2, 0) is 0 Å². The maximum Gasteiger partial charge on any atom is 0.164 e. The number of furan rings is 1. The van der Waals surface area contributed by atoms with Crippen molar-refractivity contribution in [2.45, 2.75) is 0 Å². The van der Waals surface area contributed by atoms with E-state index in [4.69, 9.17) is 73.5 Å². The van der Waals surface area contributed by atoms with Crippen molar-refractivity contribution in [1.82, 2.24) is 59.4 Å². The van der Waals surface area contributed by atoms with Crippen molar-refractivity contribution >= 4 is 43.7 Å². The first-order valence-electron chi connectivity index (χ1n) is 49.3. The highest BCUT2D eigenvalue weighted by molar-refractivity contribution is 6.11. The van der Waals surface area contributed by atoms with E-state index in [1.165, 1.54) is 5.39 Å². The first kappa shape index (κ1) is 88.7. The molecule has 0 aliphatic heterocycles. The monoisotopic (exact) mass is 1910 g/mol. The van der Waals surface area contributed by atoms with Gasteiger partial charge in [0.2, 0.25) is 0 Å². The van der Waals surface area contributed by atoms with Crippen molar-refractivity contribution in [3.63, 3.8) is 0 Å². The van der Waals surface area contributed by atoms with Gasteiger partial charge in [-0.05, 0) is 202 Å². The van der Waals surface area contributed by atoms with Crippen LogP contribution in [0.25, 0.3) is 241 Å². The number of para-hydroxylation sites is 3. The molecule has 149 heavy (non-hydrogen) atoms. The molecule has 0 saturated carbocycles. The second-order valence-electron chi connectivity index (χ2n) is 36.4. The summed E-state index contributed by atoms with van der Waals surface area (Å²) in [7, 11) is 0. The molecule has 0 amide bonds. The number of fused-ring (bicyclic) bond motifs is 6. The molecule has 6 heterocycles. The Hall–Kier alpha value is -20.5. The zero-order chi connectivity index (χ0) is 98.9. The molecule has 20 aromatic carbocycles. The fourth-order valence-electron chi connectivity index (χ4n) is 19.2. The molecule has 0 fully saturated rings. The van der Waals surface area contributed by atoms with Crippen LogP contribution in [0.1, 0.15) is 0 Å². The van der Waals surface area contributed by atoms with Gasteiger partial charge in [0, 0.05) is 99.6 Å². The van der Waals surface area contributed by atoms with Crippen molar-refractivity contribution < 1.29 is 18.6 Å². The van der Waals surface area contributed by atoms with Crippen LogP contribution in [0.15, 0.2) is 514 Å². The Bertz CT molecular complexity index is 9360. The van der Waals surface area contributed by atoms with E-state index in [9.17, 15) is 0 Å². The lowest BCUT2D eigenvalue weighted by molar-refractivity contribution is 0.482. The standard InChI is InChI=1S/C133H84N12O4/c1-6-21-95(22-7-1)124-134-118(84-119(135-124)94-61-76-110(77-62-94)148-112-80-63-103(64-81-112)132-140-125(96-23-8-2-9-24-96)136-126(141-132)97-25-10-3-11-26-97)93-45-37-85(38-46-93)86-39-47-100(48-40-86)130-139-128(99-29-14-5-15-30-99)142-133(144-130)104-65-78-111(79-66-104)147-108-72-57-90(58-73-108)88-53-68-106(69-54-88)145-120-35-18-16-31-114(120)117-83-105(67-82-121(117)145)91-43-51-102(52-44-91)131-138-127(98-27-12-4-13-28-98)137-129(143-131)101-49-41-87(42-50-101)89-55-70-107(71-56-89)146-109-74-59-92(60-75-109)113-33-20-34-116-115-32-17-19-36-122(115)149-123(113)116/h1-84H. The third-order valence-electron chi connectivity index (χ3n) is 26.9. The molecule has 0 spiro atoms. The average Bonchev–Trinajstić information content (AvgIpc) is 1.59. The zero-order valence-electron chi connectivity index (χ0n) is 80.0. The molecule has 0 atom stereocenters. The SMILES string of the molecule is c1ccc(-c2nc(-c3ccc(Oc4ccc(-c5nc(-c6ccccc6)nc(-c6ccccc6)n5)cc4)cc3)cc(-c3ccc(-c4ccc(-c5nc(-c6ccccc6)nc(-c6ccc(Oc7ccc(-c8ccc(-n9c%10ccccc%10c%10cc(-c%11ccc(-c%12nc(-c%13ccccc%13)nc(-c%13ccc(-c%14ccc(Oc%15ccc(-c%16cccc%17c%16oc%16ccccc%16%17)cc%15)cc%14)cc%13)n%12)cc%11)ccc%109)cc8)cc7)cc6)n5)cc4)cc3)n2)cc1.